The summed E-state index contributed by atoms with van der Waals surface area (Å²) in [6, 6.07) is -0.851. The van der Waals surface area contributed by atoms with Crippen LogP contribution in [0.25, 0.3) is 0 Å². The lowest BCUT2D eigenvalue weighted by atomic mass is 10.0. The minimum absolute atomic E-state index is 0.0378. The van der Waals surface area contributed by atoms with Crippen LogP contribution in [0.1, 0.15) is 252 Å². The van der Waals surface area contributed by atoms with E-state index in [9.17, 15) is 19.0 Å². The number of nitrogens with zero attached hydrogens (tertiary/aromatic N) is 1. The fourth-order valence-corrected chi connectivity index (χ4v) is 8.65. The Morgan fingerprint density at radius 1 is 0.537 bits per heavy atom. The molecular weight excluding hydrogens is 856 g/mol. The quantitative estimate of drug-likeness (QED) is 0.0205. The normalized spacial score (nSPS) is 14.2. The molecule has 0 aliphatic rings. The molecule has 392 valence electrons. The highest BCUT2D eigenvalue weighted by Crippen LogP contribution is 2.43. The fourth-order valence-electron chi connectivity index (χ4n) is 7.91. The number of likely N-dealkylation sites (N-methyl/N-ethyl adjacent to an activating group) is 1. The lowest BCUT2D eigenvalue weighted by Gasteiger charge is -2.27. The Morgan fingerprint density at radius 3 is 1.45 bits per heavy atom. The minimum Gasteiger partial charge on any atom is -0.456 e. The molecule has 0 radical (unpaired) electrons. The van der Waals surface area contributed by atoms with Crippen LogP contribution in [0.5, 0.6) is 0 Å². The lowest BCUT2D eigenvalue weighted by Crippen LogP contribution is -2.47. The van der Waals surface area contributed by atoms with E-state index in [0.29, 0.717) is 17.4 Å². The van der Waals surface area contributed by atoms with Crippen molar-refractivity contribution in [2.75, 3.05) is 40.9 Å². The molecule has 3 atom stereocenters. The average molecular weight is 964 g/mol. The van der Waals surface area contributed by atoms with Crippen LogP contribution in [-0.2, 0) is 27.9 Å². The van der Waals surface area contributed by atoms with E-state index in [-0.39, 0.29) is 31.5 Å². The van der Waals surface area contributed by atoms with Crippen LogP contribution in [0, 0.1) is 0 Å². The summed E-state index contributed by atoms with van der Waals surface area (Å²) in [5.41, 5.74) is 0. The highest BCUT2D eigenvalue weighted by Gasteiger charge is 2.30. The van der Waals surface area contributed by atoms with Gasteiger partial charge in [-0.05, 0) is 83.1 Å². The molecule has 2 N–H and O–H groups in total. The van der Waals surface area contributed by atoms with Gasteiger partial charge >= 0.3 is 13.8 Å². The number of allylic oxidation sites excluding steroid dienone is 7. The van der Waals surface area contributed by atoms with E-state index in [1.807, 2.05) is 33.3 Å². The zero-order valence-corrected chi connectivity index (χ0v) is 45.5. The topological polar surface area (TPSA) is 111 Å². The number of nitrogens with one attached hydrogen (secondary N) is 1. The molecule has 1 amide bonds. The first kappa shape index (κ1) is 65.0. The van der Waals surface area contributed by atoms with Gasteiger partial charge in [-0.15, -0.1) is 0 Å². The number of esters is 1. The van der Waals surface area contributed by atoms with E-state index in [1.54, 1.807) is 0 Å². The summed E-state index contributed by atoms with van der Waals surface area (Å²) in [6.07, 6.45) is 56.7. The molecule has 9 nitrogen and oxygen atoms in total. The van der Waals surface area contributed by atoms with E-state index >= 15 is 0 Å². The van der Waals surface area contributed by atoms with Crippen molar-refractivity contribution in [3.8, 4) is 0 Å². The first-order valence-electron chi connectivity index (χ1n) is 28.0. The monoisotopic (exact) mass is 964 g/mol. The molecule has 3 unspecified atom stereocenters. The van der Waals surface area contributed by atoms with Gasteiger partial charge in [-0.25, -0.2) is 4.57 Å². The number of ether oxygens (including phenoxy) is 1. The second kappa shape index (κ2) is 47.6. The second-order valence-electron chi connectivity index (χ2n) is 20.1. The number of phosphoric ester groups is 1. The molecule has 0 spiro atoms. The number of unbranched alkanes of at least 4 members (excludes halogenated alkanes) is 28. The van der Waals surface area contributed by atoms with Gasteiger partial charge < -0.3 is 19.4 Å². The van der Waals surface area contributed by atoms with Gasteiger partial charge in [-0.1, -0.05) is 205 Å². The number of amides is 1. The lowest BCUT2D eigenvalue weighted by molar-refractivity contribution is -0.870. The van der Waals surface area contributed by atoms with E-state index in [1.165, 1.54) is 128 Å². The van der Waals surface area contributed by atoms with Gasteiger partial charge in [-0.3, -0.25) is 18.6 Å². The van der Waals surface area contributed by atoms with Crippen molar-refractivity contribution in [1.82, 2.24) is 5.32 Å². The molecular formula is C57H108N2O7P+. The molecule has 0 aromatic heterocycles. The molecule has 0 aromatic rings. The van der Waals surface area contributed by atoms with E-state index in [2.05, 4.69) is 62.5 Å². The predicted molar refractivity (Wildman–Crippen MR) is 286 cm³/mol. The van der Waals surface area contributed by atoms with Crippen molar-refractivity contribution in [1.29, 1.82) is 0 Å². The molecule has 0 aliphatic carbocycles. The molecule has 0 aromatic carbocycles. The summed E-state index contributed by atoms with van der Waals surface area (Å²) in [7, 11) is 1.49. The third-order valence-electron chi connectivity index (χ3n) is 12.3. The van der Waals surface area contributed by atoms with Gasteiger partial charge in [0.25, 0.3) is 0 Å². The van der Waals surface area contributed by atoms with Gasteiger partial charge in [0.05, 0.1) is 33.8 Å². The Bertz CT molecular complexity index is 1290. The van der Waals surface area contributed by atoms with Gasteiger partial charge in [0.2, 0.25) is 5.91 Å². The molecule has 0 saturated heterocycles. The average Bonchev–Trinajstić information content (AvgIpc) is 3.28. The van der Waals surface area contributed by atoms with Crippen LogP contribution in [0.3, 0.4) is 0 Å². The molecule has 67 heavy (non-hydrogen) atoms. The summed E-state index contributed by atoms with van der Waals surface area (Å²) < 4.78 is 30.6. The smallest absolute Gasteiger partial charge is 0.456 e. The largest absolute Gasteiger partial charge is 0.472 e. The van der Waals surface area contributed by atoms with Crippen molar-refractivity contribution in [3.05, 3.63) is 48.6 Å². The highest BCUT2D eigenvalue weighted by molar-refractivity contribution is 7.47. The molecule has 0 rings (SSSR count). The number of phosphoric acid groups is 1. The van der Waals surface area contributed by atoms with Crippen LogP contribution < -0.4 is 5.32 Å². The number of quaternary nitrogens is 1. The Hall–Kier alpha value is -2.03. The minimum atomic E-state index is -4.44. The summed E-state index contributed by atoms with van der Waals surface area (Å²) >= 11 is 0. The zero-order valence-electron chi connectivity index (χ0n) is 44.6. The summed E-state index contributed by atoms with van der Waals surface area (Å²) in [5.74, 6) is -0.517. The SMILES string of the molecule is CC/C=C/C/C=C/CCCCCCCCCC(=O)NC(COP(=O)(O)OCC[N+](C)(C)C)C(/C=C/CCCCCCCCCCCC)OC(=O)CCCCCCCCC/C=C\CCCCCC. The Kier molecular flexibility index (Phi) is 46.2. The van der Waals surface area contributed by atoms with Crippen molar-refractivity contribution in [2.45, 2.75) is 264 Å². The van der Waals surface area contributed by atoms with Crippen LogP contribution >= 0.6 is 7.82 Å². The number of hydrogen-bond donors (Lipinski definition) is 2. The van der Waals surface area contributed by atoms with E-state index in [0.717, 1.165) is 89.9 Å². The Labute approximate surface area is 414 Å². The Morgan fingerprint density at radius 2 is 0.955 bits per heavy atom. The fraction of sp³-hybridized carbons (Fsp3) is 0.825. The predicted octanol–water partition coefficient (Wildman–Crippen LogP) is 16.6. The molecule has 0 saturated carbocycles. The van der Waals surface area contributed by atoms with E-state index in [4.69, 9.17) is 13.8 Å². The van der Waals surface area contributed by atoms with Gasteiger partial charge in [0.1, 0.15) is 19.3 Å². The van der Waals surface area contributed by atoms with Gasteiger partial charge in [-0.2, -0.15) is 0 Å². The molecule has 0 bridgehead atoms. The molecule has 10 heteroatoms. The summed E-state index contributed by atoms with van der Waals surface area (Å²) in [6.45, 7) is 6.88. The number of rotatable bonds is 50. The number of carbonyl (C=O) groups is 2. The van der Waals surface area contributed by atoms with Gasteiger partial charge in [0, 0.05) is 12.8 Å². The number of carbonyl (C=O) groups excluding carboxylic acids is 2. The third-order valence-corrected chi connectivity index (χ3v) is 13.2. The molecule has 0 aliphatic heterocycles. The maximum atomic E-state index is 13.5. The van der Waals surface area contributed by atoms with Crippen molar-refractivity contribution >= 4 is 19.7 Å². The summed E-state index contributed by atoms with van der Waals surface area (Å²) in [5, 5.41) is 3.04. The van der Waals surface area contributed by atoms with Crippen molar-refractivity contribution in [3.63, 3.8) is 0 Å². The number of hydrogen-bond acceptors (Lipinski definition) is 6. The van der Waals surface area contributed by atoms with E-state index < -0.39 is 20.0 Å². The molecule has 0 heterocycles. The van der Waals surface area contributed by atoms with Crippen LogP contribution in [0.15, 0.2) is 48.6 Å². The van der Waals surface area contributed by atoms with Crippen molar-refractivity contribution in [2.24, 2.45) is 0 Å². The van der Waals surface area contributed by atoms with Crippen molar-refractivity contribution < 1.29 is 37.3 Å². The first-order chi connectivity index (χ1) is 32.4. The zero-order chi connectivity index (χ0) is 49.4. The summed E-state index contributed by atoms with van der Waals surface area (Å²) in [4.78, 5) is 37.5. The molecule has 0 fully saturated rings. The van der Waals surface area contributed by atoms with Crippen LogP contribution in [0.2, 0.25) is 0 Å². The van der Waals surface area contributed by atoms with Crippen LogP contribution in [0.4, 0.5) is 0 Å². The maximum Gasteiger partial charge on any atom is 0.472 e. The third kappa shape index (κ3) is 48.8. The van der Waals surface area contributed by atoms with Gasteiger partial charge in [0.15, 0.2) is 0 Å². The maximum absolute atomic E-state index is 13.5. The second-order valence-corrected chi connectivity index (χ2v) is 21.5. The standard InChI is InChI=1S/C57H107N2O7P/c1-7-10-13-16-19-22-25-28-30-32-35-38-41-44-47-50-57(61)66-55(48-45-42-39-36-33-27-24-21-18-15-12-9-3)54(53-65-67(62,63)64-52-51-59(4,5)6)58-56(60)49-46-43-40-37-34-31-29-26-23-20-17-14-11-8-2/h11,14,20,22-23,25,45,48,54-55H,7-10,12-13,15-19,21,24,26-44,46-47,49-53H2,1-6H3,(H-,58,60,62,63)/p+1/b14-11+,23-20+,25-22-,48-45+. The first-order valence-corrected chi connectivity index (χ1v) is 29.5. The Balaban J connectivity index is 5.38. The van der Waals surface area contributed by atoms with Crippen LogP contribution in [-0.4, -0.2) is 74.3 Å². The highest BCUT2D eigenvalue weighted by atomic mass is 31.2.